The fourth-order valence-electron chi connectivity index (χ4n) is 7.87. The van der Waals surface area contributed by atoms with E-state index in [2.05, 4.69) is 57.0 Å². The molecular weight excluding hydrogens is 662 g/mol. The van der Waals surface area contributed by atoms with Gasteiger partial charge in [0.05, 0.1) is 23.5 Å². The van der Waals surface area contributed by atoms with Gasteiger partial charge >= 0.3 is 0 Å². The second kappa shape index (κ2) is 13.3. The lowest BCUT2D eigenvalue weighted by Crippen LogP contribution is -2.54. The monoisotopic (exact) mass is 699 g/mol. The lowest BCUT2D eigenvalue weighted by Gasteiger charge is -2.36. The minimum absolute atomic E-state index is 0.0426. The standard InChI is InChI=1S/C40H37N5O7/c1-23(46)36-41-21-31(22-42-36)52-29-11-6-25(7-12-29)40(16-2-3-17-40)24-4-9-28(10-5-24)51-30-18-27(19-30)43-26-8-13-32-33(20-26)39(50)45(38(32)49)34-14-15-35(47)44-37(34)48/h4-13,20-22,27,30,34,43H,2-3,14-19H2,1H3,(H,44,47,48)/t27-,30-,34?. The third-order valence-corrected chi connectivity index (χ3v) is 10.7. The molecule has 264 valence electrons. The summed E-state index contributed by atoms with van der Waals surface area (Å²) < 4.78 is 12.2. The van der Waals surface area contributed by atoms with Gasteiger partial charge in [0.1, 0.15) is 23.6 Å². The molecule has 3 aromatic carbocycles. The van der Waals surface area contributed by atoms with Crippen molar-refractivity contribution in [1.29, 1.82) is 0 Å². The Morgan fingerprint density at radius 1 is 0.827 bits per heavy atom. The van der Waals surface area contributed by atoms with E-state index in [9.17, 15) is 24.0 Å². The highest BCUT2D eigenvalue weighted by Crippen LogP contribution is 2.47. The van der Waals surface area contributed by atoms with Gasteiger partial charge < -0.3 is 14.8 Å². The minimum atomic E-state index is -0.988. The van der Waals surface area contributed by atoms with Gasteiger partial charge in [-0.05, 0) is 72.9 Å². The molecule has 0 bridgehead atoms. The second-order valence-corrected chi connectivity index (χ2v) is 14.0. The van der Waals surface area contributed by atoms with Crippen molar-refractivity contribution in [2.24, 2.45) is 0 Å². The van der Waals surface area contributed by atoms with E-state index < -0.39 is 29.7 Å². The largest absolute Gasteiger partial charge is 0.490 e. The number of ketones is 1. The Labute approximate surface area is 299 Å². The number of anilines is 1. The first-order valence-corrected chi connectivity index (χ1v) is 17.7. The molecular formula is C40H37N5O7. The molecule has 12 nitrogen and oxygen atoms in total. The van der Waals surface area contributed by atoms with Gasteiger partial charge in [-0.2, -0.15) is 0 Å². The number of fused-ring (bicyclic) bond motifs is 1. The molecule has 4 amide bonds. The fourth-order valence-corrected chi connectivity index (χ4v) is 7.87. The van der Waals surface area contributed by atoms with E-state index in [0.717, 1.165) is 54.9 Å². The average Bonchev–Trinajstić information content (AvgIpc) is 3.72. The van der Waals surface area contributed by atoms with Crippen molar-refractivity contribution >= 4 is 35.1 Å². The zero-order valence-corrected chi connectivity index (χ0v) is 28.6. The van der Waals surface area contributed by atoms with E-state index in [1.54, 1.807) is 18.2 Å². The van der Waals surface area contributed by atoms with Crippen LogP contribution in [0.15, 0.2) is 79.1 Å². The van der Waals surface area contributed by atoms with Crippen LogP contribution in [0.1, 0.15) is 101 Å². The first kappa shape index (κ1) is 33.2. The number of imide groups is 2. The van der Waals surface area contributed by atoms with Crippen LogP contribution < -0.4 is 20.1 Å². The van der Waals surface area contributed by atoms with Crippen molar-refractivity contribution in [2.45, 2.75) is 81.9 Å². The van der Waals surface area contributed by atoms with E-state index in [-0.39, 0.29) is 53.1 Å². The van der Waals surface area contributed by atoms with E-state index >= 15 is 0 Å². The number of carbonyl (C=O) groups is 5. The Morgan fingerprint density at radius 3 is 2.10 bits per heavy atom. The number of aromatic nitrogens is 2. The first-order valence-electron chi connectivity index (χ1n) is 17.7. The number of nitrogens with one attached hydrogen (secondary N) is 2. The number of benzene rings is 3. The van der Waals surface area contributed by atoms with Gasteiger partial charge in [0, 0.05) is 43.3 Å². The SMILES string of the molecule is CC(=O)c1ncc(Oc2ccc(C3(c4ccc(O[C@H]5C[C@H](Nc6ccc7c(c6)C(=O)N(C6CCC(=O)NC6=O)C7=O)C5)cc4)CCCC3)cc2)cn1. The Hall–Kier alpha value is -5.91. The molecule has 4 aliphatic rings. The third kappa shape index (κ3) is 6.18. The number of hydrogen-bond acceptors (Lipinski definition) is 10. The summed E-state index contributed by atoms with van der Waals surface area (Å²) in [7, 11) is 0. The molecule has 1 unspecified atom stereocenters. The summed E-state index contributed by atoms with van der Waals surface area (Å²) in [5, 5.41) is 5.67. The Balaban J connectivity index is 0.865. The van der Waals surface area contributed by atoms with E-state index in [4.69, 9.17) is 9.47 Å². The average molecular weight is 700 g/mol. The number of ether oxygens (including phenoxy) is 2. The highest BCUT2D eigenvalue weighted by atomic mass is 16.5. The van der Waals surface area contributed by atoms with Crippen LogP contribution in [0.25, 0.3) is 0 Å². The predicted molar refractivity (Wildman–Crippen MR) is 188 cm³/mol. The van der Waals surface area contributed by atoms with Gasteiger partial charge in [-0.1, -0.05) is 37.1 Å². The molecule has 2 N–H and O–H groups in total. The van der Waals surface area contributed by atoms with Crippen molar-refractivity contribution in [3.8, 4) is 17.2 Å². The summed E-state index contributed by atoms with van der Waals surface area (Å²) in [6.45, 7) is 1.43. The summed E-state index contributed by atoms with van der Waals surface area (Å²) in [5.41, 5.74) is 3.64. The summed E-state index contributed by atoms with van der Waals surface area (Å²) in [5.74, 6) is -0.147. The maximum absolute atomic E-state index is 13.2. The van der Waals surface area contributed by atoms with Crippen LogP contribution in [0.5, 0.6) is 17.2 Å². The zero-order valence-electron chi connectivity index (χ0n) is 28.6. The van der Waals surface area contributed by atoms with Crippen LogP contribution in [-0.2, 0) is 15.0 Å². The minimum Gasteiger partial charge on any atom is -0.490 e. The van der Waals surface area contributed by atoms with Gasteiger partial charge in [0.25, 0.3) is 11.8 Å². The van der Waals surface area contributed by atoms with Crippen LogP contribution >= 0.6 is 0 Å². The Morgan fingerprint density at radius 2 is 1.46 bits per heavy atom. The van der Waals surface area contributed by atoms with Crippen LogP contribution in [0, 0.1) is 0 Å². The van der Waals surface area contributed by atoms with Crippen molar-refractivity contribution < 1.29 is 33.4 Å². The number of piperidine rings is 1. The molecule has 2 aliphatic carbocycles. The number of rotatable bonds is 10. The topological polar surface area (TPSA) is 157 Å². The lowest BCUT2D eigenvalue weighted by molar-refractivity contribution is -0.136. The smallest absolute Gasteiger partial charge is 0.262 e. The predicted octanol–water partition coefficient (Wildman–Crippen LogP) is 5.75. The van der Waals surface area contributed by atoms with Gasteiger partial charge in [-0.3, -0.25) is 34.2 Å². The van der Waals surface area contributed by atoms with Gasteiger partial charge in [-0.15, -0.1) is 0 Å². The normalized spacial score (nSPS) is 22.0. The number of nitrogens with zero attached hydrogens (tertiary/aromatic N) is 3. The molecule has 0 spiro atoms. The Kier molecular flexibility index (Phi) is 8.52. The molecule has 2 saturated carbocycles. The highest BCUT2D eigenvalue weighted by molar-refractivity contribution is 6.23. The molecule has 0 radical (unpaired) electrons. The third-order valence-electron chi connectivity index (χ3n) is 10.7. The molecule has 4 aromatic rings. The summed E-state index contributed by atoms with van der Waals surface area (Å²) in [6.07, 6.45) is 9.22. The highest BCUT2D eigenvalue weighted by Gasteiger charge is 2.45. The first-order chi connectivity index (χ1) is 25.2. The van der Waals surface area contributed by atoms with E-state index in [0.29, 0.717) is 11.5 Å². The lowest BCUT2D eigenvalue weighted by atomic mass is 9.73. The number of hydrogen-bond donors (Lipinski definition) is 2. The van der Waals surface area contributed by atoms with E-state index in [1.165, 1.54) is 30.4 Å². The van der Waals surface area contributed by atoms with Gasteiger partial charge in [0.15, 0.2) is 17.4 Å². The quantitative estimate of drug-likeness (QED) is 0.154. The van der Waals surface area contributed by atoms with Crippen LogP contribution in [0.4, 0.5) is 5.69 Å². The maximum atomic E-state index is 13.2. The fraction of sp³-hybridized carbons (Fsp3) is 0.325. The van der Waals surface area contributed by atoms with Gasteiger partial charge in [-0.25, -0.2) is 9.97 Å². The molecule has 2 aliphatic heterocycles. The maximum Gasteiger partial charge on any atom is 0.262 e. The number of carbonyl (C=O) groups excluding carboxylic acids is 5. The van der Waals surface area contributed by atoms with E-state index in [1.807, 2.05) is 12.1 Å². The van der Waals surface area contributed by atoms with Crippen molar-refractivity contribution in [3.05, 3.63) is 107 Å². The van der Waals surface area contributed by atoms with Crippen molar-refractivity contribution in [1.82, 2.24) is 20.2 Å². The summed E-state index contributed by atoms with van der Waals surface area (Å²) >= 11 is 0. The Bertz CT molecular complexity index is 2070. The number of Topliss-reactive ketones (excluding diaryl/α,β-unsaturated/α-hetero) is 1. The second-order valence-electron chi connectivity index (χ2n) is 14.0. The zero-order chi connectivity index (χ0) is 36.0. The summed E-state index contributed by atoms with van der Waals surface area (Å²) in [6, 6.07) is 20.8. The molecule has 12 heteroatoms. The molecule has 3 heterocycles. The summed E-state index contributed by atoms with van der Waals surface area (Å²) in [4.78, 5) is 70.7. The molecule has 1 aromatic heterocycles. The van der Waals surface area contributed by atoms with Crippen molar-refractivity contribution in [2.75, 3.05) is 5.32 Å². The van der Waals surface area contributed by atoms with Gasteiger partial charge in [0.2, 0.25) is 11.8 Å². The van der Waals surface area contributed by atoms with Crippen LogP contribution in [0.2, 0.25) is 0 Å². The molecule has 52 heavy (non-hydrogen) atoms. The molecule has 8 rings (SSSR count). The van der Waals surface area contributed by atoms with Crippen molar-refractivity contribution in [3.63, 3.8) is 0 Å². The molecule has 1 saturated heterocycles. The molecule has 1 atom stereocenters. The number of amides is 4. The van der Waals surface area contributed by atoms with Crippen LogP contribution in [-0.4, -0.2) is 62.5 Å². The molecule has 3 fully saturated rings. The van der Waals surface area contributed by atoms with Crippen LogP contribution in [0.3, 0.4) is 0 Å².